The largest absolute Gasteiger partial charge is 0.462 e. The molecule has 2 N–H and O–H groups in total. The highest BCUT2D eigenvalue weighted by Gasteiger charge is 2.06. The number of hydrogen-bond acceptors (Lipinski definition) is 7. The first-order valence-electron chi connectivity index (χ1n) is 6.36. The smallest absolute Gasteiger partial charge is 0.303 e. The molecule has 122 valence electrons. The first-order valence-corrected chi connectivity index (χ1v) is 6.36. The molecule has 0 aliphatic carbocycles. The zero-order chi connectivity index (χ0) is 16.4. The van der Waals surface area contributed by atoms with Crippen molar-refractivity contribution in [2.75, 3.05) is 33.5 Å². The van der Waals surface area contributed by atoms with Crippen LogP contribution in [0.15, 0.2) is 0 Å². The molecule has 0 aliphatic heterocycles. The molecular weight excluding hydrogens is 268 g/mol. The number of carbonyl (C=O) groups excluding carboxylic acids is 2. The second-order valence-electron chi connectivity index (χ2n) is 3.66. The van der Waals surface area contributed by atoms with E-state index in [1.54, 1.807) is 14.0 Å². The molecule has 7 heteroatoms. The van der Waals surface area contributed by atoms with Crippen molar-refractivity contribution in [3.8, 4) is 0 Å². The minimum absolute atomic E-state index is 0.120. The molecule has 1 unspecified atom stereocenters. The SMILES string of the molecule is CC(=O)OCC(C)OC(C)=O.CCCOC.OCCO. The van der Waals surface area contributed by atoms with Gasteiger partial charge in [0.05, 0.1) is 13.2 Å². The number of esters is 2. The molecule has 20 heavy (non-hydrogen) atoms. The third-order valence-electron chi connectivity index (χ3n) is 1.40. The number of ether oxygens (including phenoxy) is 3. The minimum atomic E-state index is -0.371. The van der Waals surface area contributed by atoms with Crippen LogP contribution in [0.3, 0.4) is 0 Å². The Labute approximate surface area is 120 Å². The lowest BCUT2D eigenvalue weighted by atomic mass is 10.4. The summed E-state index contributed by atoms with van der Waals surface area (Å²) in [5, 5.41) is 15.2. The first-order chi connectivity index (χ1) is 9.35. The summed E-state index contributed by atoms with van der Waals surface area (Å²) in [5.41, 5.74) is 0. The van der Waals surface area contributed by atoms with Crippen LogP contribution in [-0.2, 0) is 23.8 Å². The quantitative estimate of drug-likeness (QED) is 0.689. The molecule has 0 rings (SSSR count). The van der Waals surface area contributed by atoms with Crippen molar-refractivity contribution in [2.24, 2.45) is 0 Å². The molecule has 0 bridgehead atoms. The molecular formula is C13H28O7. The van der Waals surface area contributed by atoms with Crippen LogP contribution < -0.4 is 0 Å². The molecule has 0 aromatic rings. The Morgan fingerprint density at radius 3 is 1.80 bits per heavy atom. The van der Waals surface area contributed by atoms with Crippen LogP contribution in [0.25, 0.3) is 0 Å². The van der Waals surface area contributed by atoms with Gasteiger partial charge in [-0.05, 0) is 13.3 Å². The van der Waals surface area contributed by atoms with E-state index in [0.29, 0.717) is 0 Å². The van der Waals surface area contributed by atoms with Crippen LogP contribution in [0, 0.1) is 0 Å². The maximum atomic E-state index is 10.3. The maximum absolute atomic E-state index is 10.3. The van der Waals surface area contributed by atoms with Gasteiger partial charge in [0.1, 0.15) is 12.7 Å². The van der Waals surface area contributed by atoms with Crippen molar-refractivity contribution in [3.63, 3.8) is 0 Å². The van der Waals surface area contributed by atoms with E-state index in [1.165, 1.54) is 13.8 Å². The van der Waals surface area contributed by atoms with Crippen LogP contribution in [0.4, 0.5) is 0 Å². The molecule has 0 saturated carbocycles. The van der Waals surface area contributed by atoms with Gasteiger partial charge >= 0.3 is 11.9 Å². The van der Waals surface area contributed by atoms with Gasteiger partial charge < -0.3 is 24.4 Å². The lowest BCUT2D eigenvalue weighted by Crippen LogP contribution is -2.19. The molecule has 1 atom stereocenters. The molecule has 0 aromatic heterocycles. The van der Waals surface area contributed by atoms with Crippen molar-refractivity contribution >= 4 is 11.9 Å². The summed E-state index contributed by atoms with van der Waals surface area (Å²) in [4.78, 5) is 20.6. The molecule has 0 saturated heterocycles. The molecule has 0 heterocycles. The van der Waals surface area contributed by atoms with Crippen LogP contribution in [0.5, 0.6) is 0 Å². The lowest BCUT2D eigenvalue weighted by Gasteiger charge is -2.10. The first kappa shape index (κ1) is 23.9. The van der Waals surface area contributed by atoms with E-state index in [2.05, 4.69) is 16.4 Å². The normalized spacial score (nSPS) is 10.2. The lowest BCUT2D eigenvalue weighted by molar-refractivity contribution is -0.155. The van der Waals surface area contributed by atoms with Crippen molar-refractivity contribution in [3.05, 3.63) is 0 Å². The van der Waals surface area contributed by atoms with E-state index in [4.69, 9.17) is 14.9 Å². The highest BCUT2D eigenvalue weighted by atomic mass is 16.6. The summed E-state index contributed by atoms with van der Waals surface area (Å²) in [6.07, 6.45) is 0.757. The predicted octanol–water partition coefficient (Wildman–Crippen LogP) is 0.515. The summed E-state index contributed by atoms with van der Waals surface area (Å²) in [6, 6.07) is 0. The van der Waals surface area contributed by atoms with Crippen LogP contribution >= 0.6 is 0 Å². The van der Waals surface area contributed by atoms with Gasteiger partial charge in [-0.1, -0.05) is 6.92 Å². The van der Waals surface area contributed by atoms with Gasteiger partial charge in [0.25, 0.3) is 0 Å². The van der Waals surface area contributed by atoms with E-state index in [9.17, 15) is 9.59 Å². The molecule has 0 aromatic carbocycles. The molecule has 0 spiro atoms. The molecule has 0 fully saturated rings. The fourth-order valence-electron chi connectivity index (χ4n) is 0.756. The van der Waals surface area contributed by atoms with E-state index < -0.39 is 0 Å². The van der Waals surface area contributed by atoms with Crippen LogP contribution in [0.2, 0.25) is 0 Å². The molecule has 0 aliphatic rings. The maximum Gasteiger partial charge on any atom is 0.303 e. The van der Waals surface area contributed by atoms with Gasteiger partial charge in [0, 0.05) is 27.6 Å². The predicted molar refractivity (Wildman–Crippen MR) is 74.2 cm³/mol. The average molecular weight is 296 g/mol. The Hall–Kier alpha value is -1.18. The van der Waals surface area contributed by atoms with Gasteiger partial charge in [0.2, 0.25) is 0 Å². The van der Waals surface area contributed by atoms with Gasteiger partial charge in [0.15, 0.2) is 0 Å². The van der Waals surface area contributed by atoms with E-state index in [0.717, 1.165) is 13.0 Å². The van der Waals surface area contributed by atoms with E-state index >= 15 is 0 Å². The fourth-order valence-corrected chi connectivity index (χ4v) is 0.756. The second-order valence-corrected chi connectivity index (χ2v) is 3.66. The summed E-state index contributed by atoms with van der Waals surface area (Å²) in [6.45, 7) is 7.12. The average Bonchev–Trinajstić information content (AvgIpc) is 2.37. The minimum Gasteiger partial charge on any atom is -0.462 e. The summed E-state index contributed by atoms with van der Waals surface area (Å²) < 4.78 is 14.0. The summed E-state index contributed by atoms with van der Waals surface area (Å²) in [5.74, 6) is -0.742. The van der Waals surface area contributed by atoms with Crippen molar-refractivity contribution < 1.29 is 34.0 Å². The highest BCUT2D eigenvalue weighted by Crippen LogP contribution is 1.92. The Bertz CT molecular complexity index is 215. The summed E-state index contributed by atoms with van der Waals surface area (Å²) >= 11 is 0. The second kappa shape index (κ2) is 20.1. The number of hydrogen-bond donors (Lipinski definition) is 2. The van der Waals surface area contributed by atoms with Crippen LogP contribution in [-0.4, -0.2) is 61.8 Å². The van der Waals surface area contributed by atoms with Gasteiger partial charge in [-0.15, -0.1) is 0 Å². The standard InChI is InChI=1S/C7H12O4.C4H10O.C2H6O2/c1-5(11-7(3)9)4-10-6(2)8;1-3-4-5-2;3-1-2-4/h5H,4H2,1-3H3;3-4H2,1-2H3;3-4H,1-2H2. The third kappa shape index (κ3) is 36.0. The fraction of sp³-hybridized carbons (Fsp3) is 0.846. The number of aliphatic hydroxyl groups is 2. The zero-order valence-corrected chi connectivity index (χ0v) is 13.0. The van der Waals surface area contributed by atoms with Crippen molar-refractivity contribution in [1.29, 1.82) is 0 Å². The molecule has 0 amide bonds. The third-order valence-corrected chi connectivity index (χ3v) is 1.40. The van der Waals surface area contributed by atoms with E-state index in [1.807, 2.05) is 0 Å². The Morgan fingerprint density at radius 1 is 1.10 bits per heavy atom. The highest BCUT2D eigenvalue weighted by molar-refractivity contribution is 5.67. The Morgan fingerprint density at radius 2 is 1.60 bits per heavy atom. The number of methoxy groups -OCH3 is 1. The van der Waals surface area contributed by atoms with Gasteiger partial charge in [-0.25, -0.2) is 0 Å². The van der Waals surface area contributed by atoms with Crippen molar-refractivity contribution in [2.45, 2.75) is 40.2 Å². The molecule has 7 nitrogen and oxygen atoms in total. The summed E-state index contributed by atoms with van der Waals surface area (Å²) in [7, 11) is 1.71. The number of carbonyl (C=O) groups is 2. The number of rotatable bonds is 6. The van der Waals surface area contributed by atoms with Gasteiger partial charge in [-0.3, -0.25) is 9.59 Å². The van der Waals surface area contributed by atoms with Crippen LogP contribution in [0.1, 0.15) is 34.1 Å². The monoisotopic (exact) mass is 296 g/mol. The number of aliphatic hydroxyl groups excluding tert-OH is 2. The van der Waals surface area contributed by atoms with Crippen molar-refractivity contribution in [1.82, 2.24) is 0 Å². The Balaban J connectivity index is -0.000000266. The molecule has 0 radical (unpaired) electrons. The topological polar surface area (TPSA) is 102 Å². The zero-order valence-electron chi connectivity index (χ0n) is 13.0. The van der Waals surface area contributed by atoms with E-state index in [-0.39, 0.29) is 37.9 Å². The Kier molecular flexibility index (Phi) is 24.1. The van der Waals surface area contributed by atoms with Gasteiger partial charge in [-0.2, -0.15) is 0 Å².